The fourth-order valence-corrected chi connectivity index (χ4v) is 4.47. The average molecular weight is 495 g/mol. The lowest BCUT2D eigenvalue weighted by Gasteiger charge is -2.33. The molecule has 0 heterocycles. The Morgan fingerprint density at radius 1 is 0.667 bits per heavy atom. The Morgan fingerprint density at radius 3 is 1.42 bits per heavy atom. The van der Waals surface area contributed by atoms with Crippen molar-refractivity contribution in [2.24, 2.45) is 0 Å². The summed E-state index contributed by atoms with van der Waals surface area (Å²) in [6.07, 6.45) is 10.4. The second-order valence-electron chi connectivity index (χ2n) is 9.60. The molecule has 2 amide bonds. The highest BCUT2D eigenvalue weighted by Gasteiger charge is 2.28. The second-order valence-corrected chi connectivity index (χ2v) is 9.60. The standard InChI is InChI=1S/C30H42N2O4/c1-3-5-9-21-35-25-17-13-23(14-18-25)29(33)31-27-11-7-8-12-28(27)32-30(34)24-15-19-26(20-16-24)36-22-10-6-4-2/h13-20,27-28H,3-12,21-22H2,1-2H3,(H,31,33)(H,32,34). The molecule has 2 atom stereocenters. The van der Waals surface area contributed by atoms with E-state index in [4.69, 9.17) is 9.47 Å². The van der Waals surface area contributed by atoms with Crippen molar-refractivity contribution in [2.45, 2.75) is 90.1 Å². The van der Waals surface area contributed by atoms with Gasteiger partial charge in [-0.05, 0) is 74.2 Å². The van der Waals surface area contributed by atoms with Gasteiger partial charge in [0, 0.05) is 23.2 Å². The van der Waals surface area contributed by atoms with Crippen LogP contribution in [0.2, 0.25) is 0 Å². The van der Waals surface area contributed by atoms with E-state index < -0.39 is 0 Å². The van der Waals surface area contributed by atoms with Crippen LogP contribution in [-0.2, 0) is 0 Å². The van der Waals surface area contributed by atoms with Gasteiger partial charge in [-0.2, -0.15) is 0 Å². The molecular formula is C30H42N2O4. The Kier molecular flexibility index (Phi) is 11.6. The van der Waals surface area contributed by atoms with Crippen molar-refractivity contribution in [1.82, 2.24) is 10.6 Å². The van der Waals surface area contributed by atoms with Gasteiger partial charge in [-0.25, -0.2) is 0 Å². The molecule has 1 aliphatic rings. The molecule has 1 saturated carbocycles. The SMILES string of the molecule is CCCCCOc1ccc(C(=O)NC2CCCCC2NC(=O)c2ccc(OCCCCC)cc2)cc1. The number of hydrogen-bond donors (Lipinski definition) is 2. The lowest BCUT2D eigenvalue weighted by atomic mass is 9.89. The average Bonchev–Trinajstić information content (AvgIpc) is 2.91. The molecule has 0 spiro atoms. The number of carbonyl (C=O) groups is 2. The van der Waals surface area contributed by atoms with Gasteiger partial charge in [-0.3, -0.25) is 9.59 Å². The summed E-state index contributed by atoms with van der Waals surface area (Å²) in [5, 5.41) is 6.30. The molecule has 1 fully saturated rings. The maximum absolute atomic E-state index is 12.9. The molecule has 0 aromatic heterocycles. The summed E-state index contributed by atoms with van der Waals surface area (Å²) in [7, 11) is 0. The normalized spacial score (nSPS) is 17.3. The van der Waals surface area contributed by atoms with Crippen LogP contribution < -0.4 is 20.1 Å². The first-order valence-electron chi connectivity index (χ1n) is 13.7. The van der Waals surface area contributed by atoms with E-state index in [0.717, 1.165) is 75.7 Å². The highest BCUT2D eigenvalue weighted by atomic mass is 16.5. The minimum absolute atomic E-state index is 0.0960. The van der Waals surface area contributed by atoms with Crippen LogP contribution in [0.1, 0.15) is 98.8 Å². The first-order chi connectivity index (χ1) is 17.6. The number of amides is 2. The molecule has 0 radical (unpaired) electrons. The van der Waals surface area contributed by atoms with Crippen LogP contribution in [0, 0.1) is 0 Å². The molecule has 2 N–H and O–H groups in total. The van der Waals surface area contributed by atoms with Gasteiger partial charge in [0.15, 0.2) is 0 Å². The first-order valence-corrected chi connectivity index (χ1v) is 13.7. The zero-order valence-corrected chi connectivity index (χ0v) is 21.9. The zero-order valence-electron chi connectivity index (χ0n) is 21.9. The predicted molar refractivity (Wildman–Crippen MR) is 144 cm³/mol. The number of nitrogens with one attached hydrogen (secondary N) is 2. The number of rotatable bonds is 14. The van der Waals surface area contributed by atoms with Crippen LogP contribution in [0.15, 0.2) is 48.5 Å². The highest BCUT2D eigenvalue weighted by molar-refractivity contribution is 5.95. The molecule has 6 heteroatoms. The third kappa shape index (κ3) is 8.89. The Morgan fingerprint density at radius 2 is 1.06 bits per heavy atom. The predicted octanol–water partition coefficient (Wildman–Crippen LogP) is 6.30. The van der Waals surface area contributed by atoms with Crippen molar-refractivity contribution in [1.29, 1.82) is 0 Å². The van der Waals surface area contributed by atoms with Gasteiger partial charge in [0.05, 0.1) is 13.2 Å². The van der Waals surface area contributed by atoms with Crippen molar-refractivity contribution in [2.75, 3.05) is 13.2 Å². The molecular weight excluding hydrogens is 452 g/mol. The van der Waals surface area contributed by atoms with Crippen LogP contribution in [0.4, 0.5) is 0 Å². The maximum Gasteiger partial charge on any atom is 0.251 e. The molecule has 6 nitrogen and oxygen atoms in total. The fraction of sp³-hybridized carbons (Fsp3) is 0.533. The summed E-state index contributed by atoms with van der Waals surface area (Å²) < 4.78 is 11.5. The summed E-state index contributed by atoms with van der Waals surface area (Å²) in [4.78, 5) is 25.8. The summed E-state index contributed by atoms with van der Waals surface area (Å²) >= 11 is 0. The minimum atomic E-state index is -0.122. The van der Waals surface area contributed by atoms with Gasteiger partial charge < -0.3 is 20.1 Å². The van der Waals surface area contributed by atoms with Crippen molar-refractivity contribution >= 4 is 11.8 Å². The van der Waals surface area contributed by atoms with Gasteiger partial charge in [0.2, 0.25) is 0 Å². The van der Waals surface area contributed by atoms with E-state index in [1.54, 1.807) is 24.3 Å². The van der Waals surface area contributed by atoms with Crippen molar-refractivity contribution in [3.8, 4) is 11.5 Å². The van der Waals surface area contributed by atoms with Crippen molar-refractivity contribution in [3.05, 3.63) is 59.7 Å². The van der Waals surface area contributed by atoms with Gasteiger partial charge in [-0.1, -0.05) is 52.4 Å². The Balaban J connectivity index is 1.51. The third-order valence-electron chi connectivity index (χ3n) is 6.67. The molecule has 2 aromatic rings. The molecule has 0 bridgehead atoms. The molecule has 2 unspecified atom stereocenters. The van der Waals surface area contributed by atoms with Crippen molar-refractivity contribution < 1.29 is 19.1 Å². The van der Waals surface area contributed by atoms with E-state index in [9.17, 15) is 9.59 Å². The van der Waals surface area contributed by atoms with Gasteiger partial charge >= 0.3 is 0 Å². The molecule has 1 aliphatic carbocycles. The first kappa shape index (κ1) is 27.6. The maximum atomic E-state index is 12.9. The third-order valence-corrected chi connectivity index (χ3v) is 6.67. The largest absolute Gasteiger partial charge is 0.494 e. The topological polar surface area (TPSA) is 76.7 Å². The van der Waals surface area contributed by atoms with Crippen molar-refractivity contribution in [3.63, 3.8) is 0 Å². The van der Waals surface area contributed by atoms with E-state index >= 15 is 0 Å². The lowest BCUT2D eigenvalue weighted by molar-refractivity contribution is 0.0862. The number of ether oxygens (including phenoxy) is 2. The summed E-state index contributed by atoms with van der Waals surface area (Å²) in [6.45, 7) is 5.71. The highest BCUT2D eigenvalue weighted by Crippen LogP contribution is 2.21. The van der Waals surface area contributed by atoms with E-state index in [1.807, 2.05) is 24.3 Å². The van der Waals surface area contributed by atoms with E-state index in [-0.39, 0.29) is 23.9 Å². The zero-order chi connectivity index (χ0) is 25.6. The summed E-state index contributed by atoms with van der Waals surface area (Å²) in [6, 6.07) is 14.4. The van der Waals surface area contributed by atoms with Crippen LogP contribution >= 0.6 is 0 Å². The van der Waals surface area contributed by atoms with Gasteiger partial charge in [0.1, 0.15) is 11.5 Å². The smallest absolute Gasteiger partial charge is 0.251 e. The van der Waals surface area contributed by atoms with Crippen LogP contribution in [-0.4, -0.2) is 37.1 Å². The van der Waals surface area contributed by atoms with Gasteiger partial charge in [0.25, 0.3) is 11.8 Å². The summed E-state index contributed by atoms with van der Waals surface area (Å²) in [5.41, 5.74) is 1.20. The molecule has 0 aliphatic heterocycles. The Bertz CT molecular complexity index is 849. The van der Waals surface area contributed by atoms with E-state index in [0.29, 0.717) is 24.3 Å². The molecule has 196 valence electrons. The lowest BCUT2D eigenvalue weighted by Crippen LogP contribution is -2.53. The quantitative estimate of drug-likeness (QED) is 0.302. The van der Waals surface area contributed by atoms with Gasteiger partial charge in [-0.15, -0.1) is 0 Å². The number of unbranched alkanes of at least 4 members (excludes halogenated alkanes) is 4. The minimum Gasteiger partial charge on any atom is -0.494 e. The number of benzene rings is 2. The number of carbonyl (C=O) groups excluding carboxylic acids is 2. The molecule has 2 aromatic carbocycles. The second kappa shape index (κ2) is 15.2. The monoisotopic (exact) mass is 494 g/mol. The van der Waals surface area contributed by atoms with E-state index in [2.05, 4.69) is 24.5 Å². The Labute approximate surface area is 216 Å². The Hall–Kier alpha value is -3.02. The van der Waals surface area contributed by atoms with Crippen LogP contribution in [0.3, 0.4) is 0 Å². The van der Waals surface area contributed by atoms with Crippen LogP contribution in [0.25, 0.3) is 0 Å². The van der Waals surface area contributed by atoms with Crippen LogP contribution in [0.5, 0.6) is 11.5 Å². The molecule has 36 heavy (non-hydrogen) atoms. The molecule has 0 saturated heterocycles. The summed E-state index contributed by atoms with van der Waals surface area (Å²) in [5.74, 6) is 1.32. The number of hydrogen-bond acceptors (Lipinski definition) is 4. The molecule has 3 rings (SSSR count). The fourth-order valence-electron chi connectivity index (χ4n) is 4.47. The van der Waals surface area contributed by atoms with E-state index in [1.165, 1.54) is 0 Å².